The van der Waals surface area contributed by atoms with Crippen molar-refractivity contribution in [3.05, 3.63) is 92.6 Å². The number of nitrogens with zero attached hydrogens (tertiary/aromatic N) is 2. The van der Waals surface area contributed by atoms with Crippen LogP contribution in [0, 0.1) is 64.1 Å². The first-order valence-corrected chi connectivity index (χ1v) is 25.8. The summed E-state index contributed by atoms with van der Waals surface area (Å²) in [5.41, 5.74) is 12.6. The Kier molecular flexibility index (Phi) is 8.13. The van der Waals surface area contributed by atoms with Crippen LogP contribution in [0.15, 0.2) is 75.9 Å². The van der Waals surface area contributed by atoms with Gasteiger partial charge in [-0.05, 0) is 141 Å². The molecule has 6 aliphatic carbocycles. The van der Waals surface area contributed by atoms with Crippen molar-refractivity contribution < 1.29 is 24.2 Å². The highest BCUT2D eigenvalue weighted by Crippen LogP contribution is 2.88. The normalized spacial score (nSPS) is 45.0. The van der Waals surface area contributed by atoms with E-state index < -0.39 is 16.4 Å². The molecule has 0 radical (unpaired) electrons. The van der Waals surface area contributed by atoms with Crippen LogP contribution in [-0.2, 0) is 26.3 Å². The topological polar surface area (TPSA) is 105 Å². The number of benzene rings is 1. The van der Waals surface area contributed by atoms with Crippen molar-refractivity contribution in [3.8, 4) is 0 Å². The van der Waals surface area contributed by atoms with Crippen LogP contribution in [0.5, 0.6) is 0 Å². The highest BCUT2D eigenvalue weighted by molar-refractivity contribution is 6.01. The second kappa shape index (κ2) is 13.3. The van der Waals surface area contributed by atoms with E-state index in [2.05, 4.69) is 60.1 Å². The van der Waals surface area contributed by atoms with Gasteiger partial charge >= 0.3 is 11.9 Å². The minimum absolute atomic E-state index is 0.146. The SMILES string of the molecule is CC1CCC2=CC3C(C)CC4=C5C3C3=C2C26C(=O)OC(=C(O)C7CCC8C9CC(CN8C7CC7CCCCC7)C(C=C4)N5C9)C2(CC3)C2(OC(=O)c3c(CCCN)cccc32)C6C1. The van der Waals surface area contributed by atoms with E-state index in [-0.39, 0.29) is 35.7 Å². The molecule has 7 fully saturated rings. The van der Waals surface area contributed by atoms with Crippen LogP contribution in [0.1, 0.15) is 138 Å². The number of esters is 2. The van der Waals surface area contributed by atoms with Gasteiger partial charge in [0.05, 0.1) is 17.0 Å². The van der Waals surface area contributed by atoms with Crippen LogP contribution in [0.3, 0.4) is 0 Å². The molecule has 0 aromatic heterocycles. The van der Waals surface area contributed by atoms with Gasteiger partial charge in [-0.2, -0.15) is 0 Å². The number of aliphatic hydroxyl groups excluding tert-OH is 1. The van der Waals surface area contributed by atoms with Crippen molar-refractivity contribution >= 4 is 11.9 Å². The quantitative estimate of drug-likeness (QED) is 0.283. The van der Waals surface area contributed by atoms with Gasteiger partial charge in [0.2, 0.25) is 0 Å². The third-order valence-electron chi connectivity index (χ3n) is 20.9. The van der Waals surface area contributed by atoms with Crippen molar-refractivity contribution in [2.24, 2.45) is 69.8 Å². The van der Waals surface area contributed by atoms with Crippen molar-refractivity contribution in [2.45, 2.75) is 147 Å². The number of rotatable bonds is 5. The maximum Gasteiger partial charge on any atom is 0.339 e. The van der Waals surface area contributed by atoms with Crippen molar-refractivity contribution in [1.29, 1.82) is 0 Å². The van der Waals surface area contributed by atoms with Crippen molar-refractivity contribution in [3.63, 3.8) is 0 Å². The first-order chi connectivity index (χ1) is 30.7. The second-order valence-corrected chi connectivity index (χ2v) is 23.4. The first-order valence-electron chi connectivity index (χ1n) is 25.8. The van der Waals surface area contributed by atoms with E-state index in [1.807, 2.05) is 0 Å². The lowest BCUT2D eigenvalue weighted by Gasteiger charge is -2.72. The molecular formula is C55H67N3O5. The van der Waals surface area contributed by atoms with E-state index >= 15 is 4.79 Å². The molecule has 13 aliphatic rings. The zero-order valence-corrected chi connectivity index (χ0v) is 37.6. The minimum Gasteiger partial charge on any atom is -0.508 e. The molecule has 7 bridgehead atoms. The maximum absolute atomic E-state index is 16.1. The number of aliphatic hydroxyl groups is 1. The van der Waals surface area contributed by atoms with Gasteiger partial charge < -0.3 is 25.2 Å². The Bertz CT molecular complexity index is 2400. The summed E-state index contributed by atoms with van der Waals surface area (Å²) in [7, 11) is 0. The van der Waals surface area contributed by atoms with Crippen LogP contribution in [0.4, 0.5) is 0 Å². The summed E-state index contributed by atoms with van der Waals surface area (Å²) in [5, 5.41) is 13.7. The predicted molar refractivity (Wildman–Crippen MR) is 240 cm³/mol. The van der Waals surface area contributed by atoms with Gasteiger partial charge in [-0.15, -0.1) is 0 Å². The summed E-state index contributed by atoms with van der Waals surface area (Å²) in [6.07, 6.45) is 25.3. The summed E-state index contributed by atoms with van der Waals surface area (Å²) < 4.78 is 14.4. The second-order valence-electron chi connectivity index (χ2n) is 23.4. The Hall–Kier alpha value is -3.62. The third kappa shape index (κ3) is 4.53. The van der Waals surface area contributed by atoms with Gasteiger partial charge in [0.1, 0.15) is 11.2 Å². The van der Waals surface area contributed by atoms with Crippen molar-refractivity contribution in [2.75, 3.05) is 19.6 Å². The fraction of sp³-hybridized carbons (Fsp3) is 0.673. The van der Waals surface area contributed by atoms with Gasteiger partial charge in [0.25, 0.3) is 0 Å². The number of hydrogen-bond acceptors (Lipinski definition) is 8. The lowest BCUT2D eigenvalue weighted by atomic mass is 9.28. The molecule has 8 heteroatoms. The Labute approximate surface area is 373 Å². The van der Waals surface area contributed by atoms with Gasteiger partial charge in [-0.25, -0.2) is 4.79 Å². The molecule has 63 heavy (non-hydrogen) atoms. The fourth-order valence-corrected chi connectivity index (χ4v) is 18.7. The number of carbonyl (C=O) groups is 2. The van der Waals surface area contributed by atoms with Crippen LogP contribution in [0.2, 0.25) is 0 Å². The van der Waals surface area contributed by atoms with Gasteiger partial charge in [-0.3, -0.25) is 9.69 Å². The number of ether oxygens (including phenoxy) is 2. The van der Waals surface area contributed by atoms with Gasteiger partial charge in [0, 0.05) is 54.2 Å². The molecule has 1 aromatic rings. The number of fused-ring (bicyclic) bond motifs is 8. The average Bonchev–Trinajstić information content (AvgIpc) is 3.75. The molecule has 3 spiro atoms. The van der Waals surface area contributed by atoms with E-state index in [1.54, 1.807) is 5.70 Å². The summed E-state index contributed by atoms with van der Waals surface area (Å²) in [6, 6.07) is 7.37. The maximum atomic E-state index is 16.1. The first kappa shape index (κ1) is 38.6. The molecule has 7 aliphatic heterocycles. The molecule has 3 saturated carbocycles. The molecule has 3 N–H and O–H groups in total. The largest absolute Gasteiger partial charge is 0.508 e. The predicted octanol–water partition coefficient (Wildman–Crippen LogP) is 9.57. The molecule has 8 nitrogen and oxygen atoms in total. The molecule has 14 unspecified atom stereocenters. The number of hydrogen-bond donors (Lipinski definition) is 2. The molecule has 14 rings (SSSR count). The highest BCUT2D eigenvalue weighted by atomic mass is 16.6. The highest BCUT2D eigenvalue weighted by Gasteiger charge is 2.94. The van der Waals surface area contributed by atoms with Crippen LogP contribution in [0.25, 0.3) is 0 Å². The monoisotopic (exact) mass is 850 g/mol. The molecule has 4 saturated heterocycles. The molecule has 7 heterocycles. The smallest absolute Gasteiger partial charge is 0.339 e. The molecule has 14 atom stereocenters. The third-order valence-corrected chi connectivity index (χ3v) is 20.9. The van der Waals surface area contributed by atoms with E-state index in [0.717, 1.165) is 82.0 Å². The average molecular weight is 850 g/mol. The Morgan fingerprint density at radius 3 is 2.71 bits per heavy atom. The molecular weight excluding hydrogens is 783 g/mol. The zero-order chi connectivity index (χ0) is 42.3. The van der Waals surface area contributed by atoms with E-state index in [0.29, 0.717) is 84.1 Å². The molecule has 332 valence electrons. The van der Waals surface area contributed by atoms with Crippen LogP contribution < -0.4 is 5.73 Å². The summed E-state index contributed by atoms with van der Waals surface area (Å²) in [5.74, 6) is 2.99. The Morgan fingerprint density at radius 2 is 1.86 bits per heavy atom. The standard InChI is InChI=1S/C55H67N3O5/c1-29-13-14-33-26-39-30(2)23-34-15-17-42-35-25-36-28-58(42)48(34)46(39)38-19-20-53-50(49(59)37-16-18-41(36)57(27-35)43(37)24-31-8-4-3-5-9-31)62-52(61)54(53,47(33)38)44(22-29)55(53)40-12-6-10-32(11-7-21-56)45(40)51(60)63-55/h6,10,12,15,17,26,29-31,35-37,39,41-44,46,59H,3-5,7-9,11,13-14,16,18-25,27-28,56H2,1-2H3. The fourth-order valence-electron chi connectivity index (χ4n) is 18.7. The summed E-state index contributed by atoms with van der Waals surface area (Å²) in [4.78, 5) is 36.9. The number of piperidine rings is 3. The molecule has 0 amide bonds. The van der Waals surface area contributed by atoms with Gasteiger partial charge in [-0.1, -0.05) is 88.0 Å². The van der Waals surface area contributed by atoms with Crippen LogP contribution >= 0.6 is 0 Å². The zero-order valence-electron chi connectivity index (χ0n) is 37.6. The number of allylic oxidation sites excluding steroid dienone is 5. The van der Waals surface area contributed by atoms with E-state index in [9.17, 15) is 9.90 Å². The number of nitrogens with two attached hydrogens (primary N) is 1. The lowest BCUT2D eigenvalue weighted by molar-refractivity contribution is -0.279. The summed E-state index contributed by atoms with van der Waals surface area (Å²) in [6.45, 7) is 7.55. The number of aryl methyl sites for hydroxylation is 1. The summed E-state index contributed by atoms with van der Waals surface area (Å²) >= 11 is 0. The minimum atomic E-state index is -1.13. The van der Waals surface area contributed by atoms with Gasteiger partial charge in [0.15, 0.2) is 11.4 Å². The van der Waals surface area contributed by atoms with E-state index in [4.69, 9.17) is 15.2 Å². The van der Waals surface area contributed by atoms with Crippen molar-refractivity contribution in [1.82, 2.24) is 9.80 Å². The Balaban J connectivity index is 1.07. The molecule has 1 aromatic carbocycles. The lowest BCUT2D eigenvalue weighted by Crippen LogP contribution is -2.77. The van der Waals surface area contributed by atoms with E-state index in [1.165, 1.54) is 60.8 Å². The van der Waals surface area contributed by atoms with Crippen LogP contribution in [-0.4, -0.2) is 64.6 Å². The Morgan fingerprint density at radius 1 is 0.984 bits per heavy atom. The number of carbonyl (C=O) groups excluding carboxylic acids is 2.